The van der Waals surface area contributed by atoms with Gasteiger partial charge in [-0.05, 0) is 56.5 Å². The van der Waals surface area contributed by atoms with E-state index in [0.29, 0.717) is 22.6 Å². The first-order valence-corrected chi connectivity index (χ1v) is 11.1. The van der Waals surface area contributed by atoms with Crippen LogP contribution in [0.5, 0.6) is 0 Å². The highest BCUT2D eigenvalue weighted by atomic mass is 32.2. The van der Waals surface area contributed by atoms with Crippen molar-refractivity contribution in [1.82, 2.24) is 14.9 Å². The lowest BCUT2D eigenvalue weighted by Gasteiger charge is -2.17. The van der Waals surface area contributed by atoms with Crippen molar-refractivity contribution in [1.29, 1.82) is 0 Å². The normalized spacial score (nSPS) is 17.2. The lowest BCUT2D eigenvalue weighted by atomic mass is 10.2. The first-order valence-electron chi connectivity index (χ1n) is 10.2. The highest BCUT2D eigenvalue weighted by molar-refractivity contribution is 8.00. The molecule has 0 bridgehead atoms. The van der Waals surface area contributed by atoms with Gasteiger partial charge >= 0.3 is 0 Å². The van der Waals surface area contributed by atoms with Gasteiger partial charge in [-0.15, -0.1) is 0 Å². The summed E-state index contributed by atoms with van der Waals surface area (Å²) in [6.07, 6.45) is 2.10. The fourth-order valence-corrected chi connectivity index (χ4v) is 4.51. The molecule has 4 rings (SSSR count). The molecule has 6 nitrogen and oxygen atoms in total. The van der Waals surface area contributed by atoms with E-state index in [4.69, 9.17) is 9.72 Å². The summed E-state index contributed by atoms with van der Waals surface area (Å²) in [5, 5.41) is 3.62. The molecule has 1 amide bonds. The van der Waals surface area contributed by atoms with Crippen LogP contribution >= 0.6 is 11.8 Å². The van der Waals surface area contributed by atoms with Crippen LogP contribution in [0.3, 0.4) is 0 Å². The molecule has 1 aliphatic heterocycles. The molecule has 156 valence electrons. The predicted octanol–water partition coefficient (Wildman–Crippen LogP) is 3.47. The van der Waals surface area contributed by atoms with Gasteiger partial charge in [-0.2, -0.15) is 0 Å². The van der Waals surface area contributed by atoms with Crippen LogP contribution in [0.2, 0.25) is 0 Å². The molecule has 1 aromatic heterocycles. The molecule has 1 fully saturated rings. The molecule has 1 aliphatic rings. The van der Waals surface area contributed by atoms with Crippen molar-refractivity contribution in [3.05, 3.63) is 64.4 Å². The number of aromatic nitrogens is 2. The zero-order chi connectivity index (χ0) is 21.1. The van der Waals surface area contributed by atoms with E-state index >= 15 is 0 Å². The number of amides is 1. The smallest absolute Gasteiger partial charge is 0.266 e. The second kappa shape index (κ2) is 9.02. The molecular formula is C23H25N3O3S. The average molecular weight is 424 g/mol. The number of fused-ring (bicyclic) bond motifs is 1. The van der Waals surface area contributed by atoms with E-state index < -0.39 is 5.25 Å². The monoisotopic (exact) mass is 423 g/mol. The number of carbonyl (C=O) groups excluding carboxylic acids is 1. The van der Waals surface area contributed by atoms with Crippen LogP contribution in [0.1, 0.15) is 25.3 Å². The zero-order valence-corrected chi connectivity index (χ0v) is 17.9. The second-order valence-electron chi connectivity index (χ2n) is 7.53. The summed E-state index contributed by atoms with van der Waals surface area (Å²) in [7, 11) is 0. The van der Waals surface area contributed by atoms with Gasteiger partial charge in [0.2, 0.25) is 5.91 Å². The van der Waals surface area contributed by atoms with Gasteiger partial charge in [0, 0.05) is 13.2 Å². The number of hydrogen-bond acceptors (Lipinski definition) is 5. The van der Waals surface area contributed by atoms with E-state index in [9.17, 15) is 9.59 Å². The van der Waals surface area contributed by atoms with Crippen LogP contribution in [0.4, 0.5) is 0 Å². The summed E-state index contributed by atoms with van der Waals surface area (Å²) >= 11 is 1.29. The molecule has 0 unspecified atom stereocenters. The van der Waals surface area contributed by atoms with Gasteiger partial charge in [0.15, 0.2) is 5.16 Å². The molecule has 7 heteroatoms. The first kappa shape index (κ1) is 20.6. The Labute approximate surface area is 179 Å². The van der Waals surface area contributed by atoms with Crippen LogP contribution in [0.15, 0.2) is 58.5 Å². The molecule has 1 N–H and O–H groups in total. The number of hydrogen-bond donors (Lipinski definition) is 1. The molecule has 2 aromatic carbocycles. The Hall–Kier alpha value is -2.64. The van der Waals surface area contributed by atoms with E-state index in [-0.39, 0.29) is 17.6 Å². The van der Waals surface area contributed by atoms with E-state index in [1.807, 2.05) is 56.3 Å². The number of carbonyl (C=O) groups is 1. The summed E-state index contributed by atoms with van der Waals surface area (Å²) in [4.78, 5) is 30.7. The van der Waals surface area contributed by atoms with E-state index in [0.717, 1.165) is 30.7 Å². The third-order valence-corrected chi connectivity index (χ3v) is 6.24. The fourth-order valence-electron chi connectivity index (χ4n) is 3.56. The summed E-state index contributed by atoms with van der Waals surface area (Å²) in [6.45, 7) is 5.09. The Balaban J connectivity index is 1.65. The van der Waals surface area contributed by atoms with Gasteiger partial charge in [-0.1, -0.05) is 36.0 Å². The SMILES string of the molecule is Cc1cccc(-n2c(S[C@H](C)C(=O)NC[C@@H]3CCCO3)nc3ccccc3c2=O)c1. The first-order chi connectivity index (χ1) is 14.5. The Morgan fingerprint density at radius 3 is 2.90 bits per heavy atom. The molecule has 0 radical (unpaired) electrons. The molecule has 0 aliphatic carbocycles. The molecule has 0 saturated carbocycles. The standard InChI is InChI=1S/C23H25N3O3S/c1-15-7-5-8-17(13-15)26-22(28)19-10-3-4-11-20(19)25-23(26)30-16(2)21(27)24-14-18-9-6-12-29-18/h3-5,7-8,10-11,13,16,18H,6,9,12,14H2,1-2H3,(H,24,27)/t16-,18+/m1/s1. The Bertz CT molecular complexity index is 1120. The van der Waals surface area contributed by atoms with Crippen molar-refractivity contribution in [3.8, 4) is 5.69 Å². The quantitative estimate of drug-likeness (QED) is 0.485. The van der Waals surface area contributed by atoms with Crippen LogP contribution in [-0.4, -0.2) is 40.0 Å². The molecule has 0 spiro atoms. The summed E-state index contributed by atoms with van der Waals surface area (Å²) < 4.78 is 7.18. The second-order valence-corrected chi connectivity index (χ2v) is 8.84. The summed E-state index contributed by atoms with van der Waals surface area (Å²) in [5.74, 6) is -0.0892. The van der Waals surface area contributed by atoms with Gasteiger partial charge in [-0.25, -0.2) is 4.98 Å². The summed E-state index contributed by atoms with van der Waals surface area (Å²) in [6, 6.07) is 15.0. The number of ether oxygens (including phenoxy) is 1. The number of thioether (sulfide) groups is 1. The number of benzene rings is 2. The van der Waals surface area contributed by atoms with Gasteiger partial charge in [0.25, 0.3) is 5.56 Å². The fraction of sp³-hybridized carbons (Fsp3) is 0.348. The molecule has 3 aromatic rings. The summed E-state index contributed by atoms with van der Waals surface area (Å²) in [5.41, 5.74) is 2.28. The van der Waals surface area contributed by atoms with Crippen molar-refractivity contribution < 1.29 is 9.53 Å². The molecule has 2 atom stereocenters. The van der Waals surface area contributed by atoms with Crippen molar-refractivity contribution in [3.63, 3.8) is 0 Å². The minimum absolute atomic E-state index is 0.0892. The lowest BCUT2D eigenvalue weighted by molar-refractivity contribution is -0.120. The van der Waals surface area contributed by atoms with Crippen molar-refractivity contribution >= 4 is 28.6 Å². The largest absolute Gasteiger partial charge is 0.376 e. The third-order valence-electron chi connectivity index (χ3n) is 5.18. The Kier molecular flexibility index (Phi) is 6.20. The minimum Gasteiger partial charge on any atom is -0.376 e. The zero-order valence-electron chi connectivity index (χ0n) is 17.1. The Morgan fingerprint density at radius 2 is 2.13 bits per heavy atom. The third kappa shape index (κ3) is 4.42. The van der Waals surface area contributed by atoms with Crippen molar-refractivity contribution in [2.24, 2.45) is 0 Å². The number of para-hydroxylation sites is 1. The minimum atomic E-state index is -0.407. The average Bonchev–Trinajstić information content (AvgIpc) is 3.26. The van der Waals surface area contributed by atoms with Crippen molar-refractivity contribution in [2.75, 3.05) is 13.2 Å². The number of aryl methyl sites for hydroxylation is 1. The van der Waals surface area contributed by atoms with E-state index in [2.05, 4.69) is 5.32 Å². The van der Waals surface area contributed by atoms with Crippen LogP contribution < -0.4 is 10.9 Å². The van der Waals surface area contributed by atoms with Crippen LogP contribution in [0, 0.1) is 6.92 Å². The van der Waals surface area contributed by atoms with Gasteiger partial charge in [0.05, 0.1) is 27.9 Å². The molecule has 1 saturated heterocycles. The number of nitrogens with zero attached hydrogens (tertiary/aromatic N) is 2. The molecule has 30 heavy (non-hydrogen) atoms. The maximum atomic E-state index is 13.3. The van der Waals surface area contributed by atoms with Gasteiger partial charge in [-0.3, -0.25) is 14.2 Å². The topological polar surface area (TPSA) is 73.2 Å². The Morgan fingerprint density at radius 1 is 1.30 bits per heavy atom. The highest BCUT2D eigenvalue weighted by Gasteiger charge is 2.22. The predicted molar refractivity (Wildman–Crippen MR) is 119 cm³/mol. The molecule has 2 heterocycles. The van der Waals surface area contributed by atoms with Crippen LogP contribution in [-0.2, 0) is 9.53 Å². The number of rotatable bonds is 6. The number of nitrogens with one attached hydrogen (secondary N) is 1. The maximum absolute atomic E-state index is 13.3. The van der Waals surface area contributed by atoms with Crippen molar-refractivity contribution in [2.45, 2.75) is 43.2 Å². The maximum Gasteiger partial charge on any atom is 0.266 e. The van der Waals surface area contributed by atoms with E-state index in [1.54, 1.807) is 10.6 Å². The highest BCUT2D eigenvalue weighted by Crippen LogP contribution is 2.25. The van der Waals surface area contributed by atoms with Gasteiger partial charge < -0.3 is 10.1 Å². The van der Waals surface area contributed by atoms with E-state index in [1.165, 1.54) is 11.8 Å². The lowest BCUT2D eigenvalue weighted by Crippen LogP contribution is -2.36. The van der Waals surface area contributed by atoms with Crippen LogP contribution in [0.25, 0.3) is 16.6 Å². The molecular weight excluding hydrogens is 398 g/mol. The van der Waals surface area contributed by atoms with Gasteiger partial charge in [0.1, 0.15) is 0 Å².